The van der Waals surface area contributed by atoms with E-state index in [1.807, 2.05) is 0 Å². The lowest BCUT2D eigenvalue weighted by Gasteiger charge is -2.13. The van der Waals surface area contributed by atoms with Crippen LogP contribution in [0.2, 0.25) is 0 Å². The van der Waals surface area contributed by atoms with Gasteiger partial charge in [0.2, 0.25) is 0 Å². The van der Waals surface area contributed by atoms with Gasteiger partial charge in [0.25, 0.3) is 5.91 Å². The van der Waals surface area contributed by atoms with E-state index in [0.717, 1.165) is 21.3 Å². The number of halogens is 4. The summed E-state index contributed by atoms with van der Waals surface area (Å²) in [5.74, 6) is -2.95. The molecule has 0 unspecified atom stereocenters. The number of nitrogens with zero attached hydrogens (tertiary/aromatic N) is 1. The Labute approximate surface area is 205 Å². The summed E-state index contributed by atoms with van der Waals surface area (Å²) in [6.07, 6.45) is -4.61. The van der Waals surface area contributed by atoms with Crippen molar-refractivity contribution in [2.24, 2.45) is 0 Å². The molecule has 7 nitrogen and oxygen atoms in total. The minimum Gasteiger partial charge on any atom is -0.321 e. The van der Waals surface area contributed by atoms with Crippen molar-refractivity contribution in [1.29, 1.82) is 0 Å². The van der Waals surface area contributed by atoms with E-state index in [2.05, 4.69) is 32.0 Å². The van der Waals surface area contributed by atoms with E-state index in [0.29, 0.717) is 22.7 Å². The number of fused-ring (bicyclic) bond motifs is 1. The third-order valence-electron chi connectivity index (χ3n) is 4.90. The van der Waals surface area contributed by atoms with E-state index < -0.39 is 29.5 Å². The Balaban J connectivity index is 1.60. The molecule has 0 aliphatic heterocycles. The highest BCUT2D eigenvalue weighted by Crippen LogP contribution is 2.30. The first-order valence-electron chi connectivity index (χ1n) is 10.1. The van der Waals surface area contributed by atoms with Gasteiger partial charge in [-0.15, -0.1) is 0 Å². The van der Waals surface area contributed by atoms with Gasteiger partial charge in [0, 0.05) is 21.2 Å². The van der Waals surface area contributed by atoms with Crippen LogP contribution < -0.4 is 16.1 Å². The van der Waals surface area contributed by atoms with Crippen molar-refractivity contribution < 1.29 is 27.6 Å². The number of carbonyl (C=O) groups excluding carboxylic acids is 3. The largest absolute Gasteiger partial charge is 0.416 e. The Morgan fingerprint density at radius 2 is 1.49 bits per heavy atom. The smallest absolute Gasteiger partial charge is 0.321 e. The summed E-state index contributed by atoms with van der Waals surface area (Å²) in [7, 11) is 0. The number of nitrogens with one attached hydrogen (secondary N) is 3. The van der Waals surface area contributed by atoms with E-state index in [1.165, 1.54) is 12.1 Å². The molecule has 0 atom stereocenters. The number of hydrogen-bond acceptors (Lipinski definition) is 3. The van der Waals surface area contributed by atoms with Crippen molar-refractivity contribution in [3.8, 4) is 0 Å². The molecular weight excluding hydrogens is 529 g/mol. The Morgan fingerprint density at radius 1 is 0.771 bits per heavy atom. The third-order valence-corrected chi connectivity index (χ3v) is 5.39. The van der Waals surface area contributed by atoms with Crippen molar-refractivity contribution in [2.75, 3.05) is 16.1 Å². The standard InChI is InChI=1S/C24H16BrF3N4O3/c25-16-9-10-19-14(11-16)12-20(21(33)29-17-6-2-1-3-7-17)32(19)31-23(35)22(34)30-18-8-4-5-15(13-18)24(26,27)28/h1-13H,(H,29,33)(H,30,34)(H,31,35). The van der Waals surface area contributed by atoms with Gasteiger partial charge in [0.1, 0.15) is 5.69 Å². The highest BCUT2D eigenvalue weighted by atomic mass is 79.9. The summed E-state index contributed by atoms with van der Waals surface area (Å²) in [5, 5.41) is 5.44. The predicted octanol–water partition coefficient (Wildman–Crippen LogP) is 5.38. The minimum atomic E-state index is -4.61. The number of hydrogen-bond donors (Lipinski definition) is 3. The lowest BCUT2D eigenvalue weighted by atomic mass is 10.2. The second-order valence-electron chi connectivity index (χ2n) is 7.36. The third kappa shape index (κ3) is 5.52. The van der Waals surface area contributed by atoms with E-state index in [4.69, 9.17) is 0 Å². The van der Waals surface area contributed by atoms with Gasteiger partial charge in [-0.2, -0.15) is 13.2 Å². The number of carbonyl (C=O) groups is 3. The second-order valence-corrected chi connectivity index (χ2v) is 8.28. The van der Waals surface area contributed by atoms with Gasteiger partial charge in [-0.3, -0.25) is 19.8 Å². The lowest BCUT2D eigenvalue weighted by molar-refractivity contribution is -0.137. The summed E-state index contributed by atoms with van der Waals surface area (Å²) in [6.45, 7) is 0. The average Bonchev–Trinajstić information content (AvgIpc) is 3.16. The molecule has 178 valence electrons. The number of rotatable bonds is 4. The fourth-order valence-corrected chi connectivity index (χ4v) is 3.68. The molecule has 35 heavy (non-hydrogen) atoms. The summed E-state index contributed by atoms with van der Waals surface area (Å²) in [5.41, 5.74) is 2.14. The first kappa shape index (κ1) is 24.0. The molecule has 0 aliphatic rings. The molecule has 1 aromatic heterocycles. The summed E-state index contributed by atoms with van der Waals surface area (Å²) in [4.78, 5) is 38.0. The molecule has 0 spiro atoms. The van der Waals surface area contributed by atoms with Gasteiger partial charge in [0.05, 0.1) is 11.1 Å². The highest BCUT2D eigenvalue weighted by Gasteiger charge is 2.30. The van der Waals surface area contributed by atoms with Crippen LogP contribution >= 0.6 is 15.9 Å². The van der Waals surface area contributed by atoms with Crippen molar-refractivity contribution in [1.82, 2.24) is 4.68 Å². The molecule has 0 radical (unpaired) electrons. The monoisotopic (exact) mass is 544 g/mol. The number of aromatic nitrogens is 1. The molecule has 0 bridgehead atoms. The van der Waals surface area contributed by atoms with Gasteiger partial charge >= 0.3 is 18.0 Å². The second kappa shape index (κ2) is 9.63. The van der Waals surface area contributed by atoms with Gasteiger partial charge in [0.15, 0.2) is 0 Å². The van der Waals surface area contributed by atoms with Crippen LogP contribution in [-0.4, -0.2) is 22.4 Å². The minimum absolute atomic E-state index is 0.0298. The maximum atomic E-state index is 13.0. The van der Waals surface area contributed by atoms with Gasteiger partial charge < -0.3 is 10.6 Å². The van der Waals surface area contributed by atoms with Gasteiger partial charge in [-0.1, -0.05) is 40.2 Å². The fourth-order valence-electron chi connectivity index (χ4n) is 3.30. The van der Waals surface area contributed by atoms with Crippen LogP contribution in [0.3, 0.4) is 0 Å². The highest BCUT2D eigenvalue weighted by molar-refractivity contribution is 9.10. The topological polar surface area (TPSA) is 92.2 Å². The fraction of sp³-hybridized carbons (Fsp3) is 0.0417. The zero-order chi connectivity index (χ0) is 25.2. The van der Waals surface area contributed by atoms with Crippen LogP contribution in [0, 0.1) is 0 Å². The molecular formula is C24H16BrF3N4O3. The normalized spacial score (nSPS) is 11.2. The molecule has 0 saturated carbocycles. The van der Waals surface area contributed by atoms with Gasteiger partial charge in [-0.25, -0.2) is 4.68 Å². The van der Waals surface area contributed by atoms with Crippen LogP contribution in [0.15, 0.2) is 83.3 Å². The van der Waals surface area contributed by atoms with Crippen LogP contribution in [0.25, 0.3) is 10.9 Å². The Hall–Kier alpha value is -4.12. The lowest BCUT2D eigenvalue weighted by Crippen LogP contribution is -2.36. The van der Waals surface area contributed by atoms with Crippen LogP contribution in [-0.2, 0) is 15.8 Å². The predicted molar refractivity (Wildman–Crippen MR) is 128 cm³/mol. The first-order chi connectivity index (χ1) is 16.6. The number of alkyl halides is 3. The van der Waals surface area contributed by atoms with E-state index in [-0.39, 0.29) is 11.4 Å². The number of para-hydroxylation sites is 1. The molecule has 1 heterocycles. The van der Waals surface area contributed by atoms with Crippen LogP contribution in [0.5, 0.6) is 0 Å². The molecule has 0 saturated heterocycles. The molecule has 3 N–H and O–H groups in total. The van der Waals surface area contributed by atoms with E-state index in [9.17, 15) is 27.6 Å². The average molecular weight is 545 g/mol. The Morgan fingerprint density at radius 3 is 2.20 bits per heavy atom. The molecule has 0 fully saturated rings. The molecule has 3 amide bonds. The molecule has 11 heteroatoms. The number of benzene rings is 3. The summed E-state index contributed by atoms with van der Waals surface area (Å²) < 4.78 is 40.7. The van der Waals surface area contributed by atoms with Crippen molar-refractivity contribution in [3.63, 3.8) is 0 Å². The maximum Gasteiger partial charge on any atom is 0.416 e. The SMILES string of the molecule is O=C(Nc1cccc(C(F)(F)F)c1)C(=O)Nn1c(C(=O)Nc2ccccc2)cc2cc(Br)ccc21. The maximum absolute atomic E-state index is 13.0. The Kier molecular flexibility index (Phi) is 6.61. The zero-order valence-electron chi connectivity index (χ0n) is 17.7. The summed E-state index contributed by atoms with van der Waals surface area (Å²) in [6, 6.07) is 19.1. The van der Waals surface area contributed by atoms with Crippen molar-refractivity contribution >= 4 is 55.9 Å². The number of amides is 3. The van der Waals surface area contributed by atoms with Crippen molar-refractivity contribution in [3.05, 3.63) is 94.6 Å². The molecule has 0 aliphatic carbocycles. The quantitative estimate of drug-likeness (QED) is 0.301. The van der Waals surface area contributed by atoms with Crippen LogP contribution in [0.4, 0.5) is 24.5 Å². The van der Waals surface area contributed by atoms with E-state index >= 15 is 0 Å². The molecule has 4 rings (SSSR count). The van der Waals surface area contributed by atoms with Crippen LogP contribution in [0.1, 0.15) is 16.1 Å². The molecule has 4 aromatic rings. The van der Waals surface area contributed by atoms with Crippen molar-refractivity contribution in [2.45, 2.75) is 6.18 Å². The van der Waals surface area contributed by atoms with Gasteiger partial charge in [-0.05, 0) is 54.6 Å². The molecule has 3 aromatic carbocycles. The first-order valence-corrected chi connectivity index (χ1v) is 10.9. The number of anilines is 2. The zero-order valence-corrected chi connectivity index (χ0v) is 19.3. The Bertz CT molecular complexity index is 1440. The summed E-state index contributed by atoms with van der Waals surface area (Å²) >= 11 is 3.35. The van der Waals surface area contributed by atoms with E-state index in [1.54, 1.807) is 48.5 Å².